The fraction of sp³-hybridized carbons (Fsp3) is 0.263. The van der Waals surface area contributed by atoms with Crippen LogP contribution in [0.1, 0.15) is 28.8 Å². The number of benzene rings is 2. The zero-order valence-corrected chi connectivity index (χ0v) is 14.2. The summed E-state index contributed by atoms with van der Waals surface area (Å²) in [5, 5.41) is 11.8. The van der Waals surface area contributed by atoms with Crippen LogP contribution in [0.3, 0.4) is 0 Å². The Balaban J connectivity index is 1.75. The van der Waals surface area contributed by atoms with Crippen LogP contribution in [0.4, 0.5) is 5.69 Å². The number of hydrogen-bond donors (Lipinski definition) is 2. The molecule has 0 fully saturated rings. The van der Waals surface area contributed by atoms with Crippen LogP contribution in [0.25, 0.3) is 0 Å². The van der Waals surface area contributed by atoms with Gasteiger partial charge in [-0.25, -0.2) is 4.79 Å². The maximum absolute atomic E-state index is 11.9. The van der Waals surface area contributed by atoms with Gasteiger partial charge in [-0.05, 0) is 61.4 Å². The van der Waals surface area contributed by atoms with Crippen molar-refractivity contribution in [3.05, 3.63) is 53.6 Å². The average Bonchev–Trinajstić information content (AvgIpc) is 2.59. The first-order valence-electron chi connectivity index (χ1n) is 7.90. The Labute approximate surface area is 146 Å². The highest BCUT2D eigenvalue weighted by Gasteiger charge is 2.09. The minimum absolute atomic E-state index is 0.138. The number of methoxy groups -OCH3 is 1. The maximum Gasteiger partial charge on any atom is 0.335 e. The van der Waals surface area contributed by atoms with Crippen molar-refractivity contribution >= 4 is 17.6 Å². The van der Waals surface area contributed by atoms with Gasteiger partial charge in [0.25, 0.3) is 0 Å². The first-order valence-corrected chi connectivity index (χ1v) is 7.90. The molecular formula is C19H21NO5. The summed E-state index contributed by atoms with van der Waals surface area (Å²) >= 11 is 0. The number of ether oxygens (including phenoxy) is 2. The van der Waals surface area contributed by atoms with Gasteiger partial charge in [-0.1, -0.05) is 0 Å². The lowest BCUT2D eigenvalue weighted by atomic mass is 10.1. The largest absolute Gasteiger partial charge is 0.497 e. The van der Waals surface area contributed by atoms with Crippen molar-refractivity contribution in [2.45, 2.75) is 19.8 Å². The van der Waals surface area contributed by atoms with E-state index in [4.69, 9.17) is 14.6 Å². The Morgan fingerprint density at radius 1 is 1.08 bits per heavy atom. The van der Waals surface area contributed by atoms with Gasteiger partial charge in [0, 0.05) is 12.1 Å². The second-order valence-electron chi connectivity index (χ2n) is 5.51. The van der Waals surface area contributed by atoms with E-state index in [-0.39, 0.29) is 11.5 Å². The van der Waals surface area contributed by atoms with Gasteiger partial charge in [0.2, 0.25) is 5.91 Å². The Bertz CT molecular complexity index is 740. The average molecular weight is 343 g/mol. The number of aromatic carboxylic acids is 1. The lowest BCUT2D eigenvalue weighted by Crippen LogP contribution is -2.13. The number of amides is 1. The highest BCUT2D eigenvalue weighted by molar-refractivity contribution is 5.93. The van der Waals surface area contributed by atoms with E-state index >= 15 is 0 Å². The summed E-state index contributed by atoms with van der Waals surface area (Å²) in [6, 6.07) is 12.0. The second-order valence-corrected chi connectivity index (χ2v) is 5.51. The molecule has 25 heavy (non-hydrogen) atoms. The van der Waals surface area contributed by atoms with Gasteiger partial charge >= 0.3 is 5.97 Å². The number of nitrogens with one attached hydrogen (secondary N) is 1. The molecule has 0 aromatic heterocycles. The smallest absolute Gasteiger partial charge is 0.335 e. The van der Waals surface area contributed by atoms with E-state index in [1.165, 1.54) is 6.07 Å². The molecule has 0 atom stereocenters. The molecule has 0 aliphatic carbocycles. The number of hydrogen-bond acceptors (Lipinski definition) is 4. The second kappa shape index (κ2) is 8.73. The first kappa shape index (κ1) is 18.3. The highest BCUT2D eigenvalue weighted by atomic mass is 16.5. The van der Waals surface area contributed by atoms with Gasteiger partial charge < -0.3 is 19.9 Å². The molecule has 2 aromatic carbocycles. The van der Waals surface area contributed by atoms with Crippen LogP contribution in [-0.4, -0.2) is 30.7 Å². The Morgan fingerprint density at radius 3 is 2.36 bits per heavy atom. The molecule has 0 saturated carbocycles. The molecule has 1 amide bonds. The molecule has 2 N–H and O–H groups in total. The van der Waals surface area contributed by atoms with Gasteiger partial charge in [-0.3, -0.25) is 4.79 Å². The molecule has 2 aromatic rings. The summed E-state index contributed by atoms with van der Waals surface area (Å²) in [7, 11) is 1.60. The molecule has 0 bridgehead atoms. The summed E-state index contributed by atoms with van der Waals surface area (Å²) in [4.78, 5) is 22.9. The maximum atomic E-state index is 11.9. The van der Waals surface area contributed by atoms with Crippen LogP contribution in [0.2, 0.25) is 0 Å². The molecule has 0 aliphatic rings. The summed E-state index contributed by atoms with van der Waals surface area (Å²) in [5.74, 6) is 0.365. The summed E-state index contributed by atoms with van der Waals surface area (Å²) in [6.45, 7) is 2.12. The molecule has 0 spiro atoms. The Hall–Kier alpha value is -3.02. The van der Waals surface area contributed by atoms with Gasteiger partial charge in [0.1, 0.15) is 11.5 Å². The van der Waals surface area contributed by atoms with Gasteiger partial charge in [0.15, 0.2) is 0 Å². The zero-order valence-electron chi connectivity index (χ0n) is 14.2. The van der Waals surface area contributed by atoms with Crippen molar-refractivity contribution in [2.75, 3.05) is 19.0 Å². The van der Waals surface area contributed by atoms with E-state index in [9.17, 15) is 9.59 Å². The van der Waals surface area contributed by atoms with Crippen molar-refractivity contribution in [3.8, 4) is 11.5 Å². The van der Waals surface area contributed by atoms with Gasteiger partial charge in [-0.2, -0.15) is 0 Å². The molecule has 6 nitrogen and oxygen atoms in total. The normalized spacial score (nSPS) is 10.2. The van der Waals surface area contributed by atoms with Gasteiger partial charge in [0.05, 0.1) is 19.3 Å². The fourth-order valence-electron chi connectivity index (χ4n) is 2.30. The molecule has 6 heteroatoms. The third-order valence-electron chi connectivity index (χ3n) is 3.62. The molecule has 0 unspecified atom stereocenters. The Kier molecular flexibility index (Phi) is 6.39. The SMILES string of the molecule is COc1ccc(OCCCC(=O)Nc2ccc(C(=O)O)c(C)c2)cc1. The monoisotopic (exact) mass is 343 g/mol. The minimum atomic E-state index is -0.981. The molecule has 0 saturated heterocycles. The number of anilines is 1. The number of carboxylic acid groups (broad SMARTS) is 1. The Morgan fingerprint density at radius 2 is 1.76 bits per heavy atom. The molecule has 0 heterocycles. The third kappa shape index (κ3) is 5.53. The van der Waals surface area contributed by atoms with Crippen molar-refractivity contribution in [1.82, 2.24) is 0 Å². The fourth-order valence-corrected chi connectivity index (χ4v) is 2.30. The van der Waals surface area contributed by atoms with Crippen molar-refractivity contribution < 1.29 is 24.2 Å². The summed E-state index contributed by atoms with van der Waals surface area (Å²) < 4.78 is 10.6. The first-order chi connectivity index (χ1) is 12.0. The predicted molar refractivity (Wildman–Crippen MR) is 94.5 cm³/mol. The van der Waals surface area contributed by atoms with E-state index in [0.717, 1.165) is 11.5 Å². The van der Waals surface area contributed by atoms with E-state index in [2.05, 4.69) is 5.32 Å². The summed E-state index contributed by atoms with van der Waals surface area (Å²) in [5.41, 5.74) is 1.42. The van der Waals surface area contributed by atoms with Crippen molar-refractivity contribution in [2.24, 2.45) is 0 Å². The zero-order chi connectivity index (χ0) is 18.2. The number of carboxylic acids is 1. The molecule has 132 valence electrons. The number of rotatable bonds is 8. The molecule has 2 rings (SSSR count). The van der Waals surface area contributed by atoms with Crippen LogP contribution >= 0.6 is 0 Å². The lowest BCUT2D eigenvalue weighted by Gasteiger charge is -2.09. The standard InChI is InChI=1S/C19H21NO5/c1-13-12-14(5-10-17(13)19(22)23)20-18(21)4-3-11-25-16-8-6-15(24-2)7-9-16/h5-10,12H,3-4,11H2,1-2H3,(H,20,21)(H,22,23). The van der Waals surface area contributed by atoms with Crippen LogP contribution in [0.5, 0.6) is 11.5 Å². The van der Waals surface area contributed by atoms with E-state index < -0.39 is 5.97 Å². The molecular weight excluding hydrogens is 322 g/mol. The number of carbonyl (C=O) groups excluding carboxylic acids is 1. The predicted octanol–water partition coefficient (Wildman–Crippen LogP) is 3.50. The van der Waals surface area contributed by atoms with E-state index in [0.29, 0.717) is 30.7 Å². The third-order valence-corrected chi connectivity index (χ3v) is 3.62. The van der Waals surface area contributed by atoms with E-state index in [1.54, 1.807) is 26.2 Å². The number of carbonyl (C=O) groups is 2. The van der Waals surface area contributed by atoms with Crippen molar-refractivity contribution in [1.29, 1.82) is 0 Å². The number of aryl methyl sites for hydroxylation is 1. The highest BCUT2D eigenvalue weighted by Crippen LogP contribution is 2.18. The molecule has 0 aliphatic heterocycles. The van der Waals surface area contributed by atoms with Crippen LogP contribution in [-0.2, 0) is 4.79 Å². The molecule has 0 radical (unpaired) electrons. The van der Waals surface area contributed by atoms with Crippen LogP contribution in [0, 0.1) is 6.92 Å². The topological polar surface area (TPSA) is 84.9 Å². The quantitative estimate of drug-likeness (QED) is 0.717. The van der Waals surface area contributed by atoms with Crippen LogP contribution in [0.15, 0.2) is 42.5 Å². The lowest BCUT2D eigenvalue weighted by molar-refractivity contribution is -0.116. The van der Waals surface area contributed by atoms with Gasteiger partial charge in [-0.15, -0.1) is 0 Å². The summed E-state index contributed by atoms with van der Waals surface area (Å²) in [6.07, 6.45) is 0.889. The van der Waals surface area contributed by atoms with Crippen molar-refractivity contribution in [3.63, 3.8) is 0 Å². The minimum Gasteiger partial charge on any atom is -0.497 e. The van der Waals surface area contributed by atoms with Crippen LogP contribution < -0.4 is 14.8 Å². The van der Waals surface area contributed by atoms with E-state index in [1.807, 2.05) is 24.3 Å².